The third-order valence-electron chi connectivity index (χ3n) is 2.81. The Morgan fingerprint density at radius 3 is 2.93 bits per heavy atom. The summed E-state index contributed by atoms with van der Waals surface area (Å²) < 4.78 is 11.0. The molecule has 0 saturated carbocycles. The maximum absolute atomic E-state index is 5.72. The highest BCUT2D eigenvalue weighted by atomic mass is 16.5. The van der Waals surface area contributed by atoms with Gasteiger partial charge < -0.3 is 14.1 Å². The Labute approximate surface area is 88.5 Å². The minimum Gasteiger partial charge on any atom is -0.424 e. The van der Waals surface area contributed by atoms with E-state index >= 15 is 0 Å². The standard InChI is InChI=1S/C11H14N2O2/c1-2-4-10-9(3-1)12-11(15-10)13-5-7-14-8-6-13/h2,4H,1,3,5-8H2. The van der Waals surface area contributed by atoms with Crippen LogP contribution in [0.2, 0.25) is 0 Å². The molecule has 80 valence electrons. The summed E-state index contributed by atoms with van der Waals surface area (Å²) >= 11 is 0. The second kappa shape index (κ2) is 3.70. The molecule has 0 amide bonds. The lowest BCUT2D eigenvalue weighted by Gasteiger charge is -2.24. The van der Waals surface area contributed by atoms with Gasteiger partial charge in [-0.15, -0.1) is 0 Å². The number of anilines is 1. The molecule has 1 aromatic heterocycles. The lowest BCUT2D eigenvalue weighted by Crippen LogP contribution is -2.36. The number of aryl methyl sites for hydroxylation is 1. The van der Waals surface area contributed by atoms with Gasteiger partial charge in [0, 0.05) is 13.1 Å². The average Bonchev–Trinajstić information content (AvgIpc) is 2.74. The van der Waals surface area contributed by atoms with Gasteiger partial charge in [0.25, 0.3) is 6.01 Å². The number of fused-ring (bicyclic) bond motifs is 1. The maximum atomic E-state index is 5.72. The van der Waals surface area contributed by atoms with Crippen LogP contribution in [0, 0.1) is 0 Å². The van der Waals surface area contributed by atoms with Crippen LogP contribution in [0.3, 0.4) is 0 Å². The van der Waals surface area contributed by atoms with E-state index in [2.05, 4.69) is 16.0 Å². The number of morpholine rings is 1. The molecule has 1 aliphatic heterocycles. The molecule has 0 atom stereocenters. The lowest BCUT2D eigenvalue weighted by molar-refractivity contribution is 0.120. The first-order valence-corrected chi connectivity index (χ1v) is 5.42. The number of oxazole rings is 1. The molecule has 4 heteroatoms. The van der Waals surface area contributed by atoms with Crippen LogP contribution in [0.15, 0.2) is 10.5 Å². The molecule has 1 fully saturated rings. The van der Waals surface area contributed by atoms with E-state index in [0.717, 1.165) is 56.6 Å². The van der Waals surface area contributed by atoms with E-state index in [0.29, 0.717) is 0 Å². The topological polar surface area (TPSA) is 38.5 Å². The van der Waals surface area contributed by atoms with Gasteiger partial charge >= 0.3 is 0 Å². The SMILES string of the molecule is C1=Cc2oc(N3CCOCC3)nc2CC1. The van der Waals surface area contributed by atoms with E-state index in [9.17, 15) is 0 Å². The minimum atomic E-state index is 0.759. The number of rotatable bonds is 1. The van der Waals surface area contributed by atoms with E-state index in [1.807, 2.05) is 6.08 Å². The van der Waals surface area contributed by atoms with Crippen molar-refractivity contribution < 1.29 is 9.15 Å². The fourth-order valence-corrected chi connectivity index (χ4v) is 1.96. The van der Waals surface area contributed by atoms with Crippen LogP contribution in [0.5, 0.6) is 0 Å². The normalized spacial score (nSPS) is 20.4. The summed E-state index contributed by atoms with van der Waals surface area (Å²) in [5, 5.41) is 0. The molecule has 0 bridgehead atoms. The summed E-state index contributed by atoms with van der Waals surface area (Å²) in [5.41, 5.74) is 1.10. The predicted octanol–water partition coefficient (Wildman–Crippen LogP) is 1.47. The van der Waals surface area contributed by atoms with Crippen LogP contribution < -0.4 is 4.90 Å². The first-order chi connectivity index (χ1) is 7.43. The Morgan fingerprint density at radius 1 is 1.27 bits per heavy atom. The molecule has 15 heavy (non-hydrogen) atoms. The van der Waals surface area contributed by atoms with Crippen LogP contribution in [0.1, 0.15) is 17.9 Å². The van der Waals surface area contributed by atoms with Crippen molar-refractivity contribution in [2.45, 2.75) is 12.8 Å². The number of nitrogens with zero attached hydrogens (tertiary/aromatic N) is 2. The Morgan fingerprint density at radius 2 is 2.13 bits per heavy atom. The molecule has 2 aliphatic rings. The summed E-state index contributed by atoms with van der Waals surface area (Å²) in [7, 11) is 0. The number of ether oxygens (including phenoxy) is 1. The summed E-state index contributed by atoms with van der Waals surface area (Å²) in [6, 6.07) is 0.759. The monoisotopic (exact) mass is 206 g/mol. The first kappa shape index (κ1) is 8.97. The van der Waals surface area contributed by atoms with E-state index in [1.165, 1.54) is 0 Å². The molecule has 0 N–H and O–H groups in total. The average molecular weight is 206 g/mol. The molecule has 0 unspecified atom stereocenters. The lowest BCUT2D eigenvalue weighted by atomic mass is 10.1. The summed E-state index contributed by atoms with van der Waals surface area (Å²) in [6.07, 6.45) is 6.23. The molecule has 0 radical (unpaired) electrons. The van der Waals surface area contributed by atoms with Crippen molar-refractivity contribution in [2.75, 3.05) is 31.2 Å². The van der Waals surface area contributed by atoms with Crippen LogP contribution in [0.4, 0.5) is 6.01 Å². The highest BCUT2D eigenvalue weighted by Gasteiger charge is 2.19. The van der Waals surface area contributed by atoms with Crippen LogP contribution in [-0.2, 0) is 11.2 Å². The van der Waals surface area contributed by atoms with Gasteiger partial charge in [-0.1, -0.05) is 6.08 Å². The van der Waals surface area contributed by atoms with Gasteiger partial charge in [-0.2, -0.15) is 4.98 Å². The van der Waals surface area contributed by atoms with E-state index < -0.39 is 0 Å². The van der Waals surface area contributed by atoms with Crippen LogP contribution in [-0.4, -0.2) is 31.3 Å². The van der Waals surface area contributed by atoms with Crippen molar-refractivity contribution in [3.8, 4) is 0 Å². The number of allylic oxidation sites excluding steroid dienone is 1. The Kier molecular flexibility index (Phi) is 2.21. The zero-order chi connectivity index (χ0) is 10.1. The Hall–Kier alpha value is -1.29. The molecule has 3 rings (SSSR count). The molecular weight excluding hydrogens is 192 g/mol. The van der Waals surface area contributed by atoms with Gasteiger partial charge in [-0.25, -0.2) is 0 Å². The molecule has 1 saturated heterocycles. The summed E-state index contributed by atoms with van der Waals surface area (Å²) in [5.74, 6) is 0.933. The molecule has 0 spiro atoms. The fourth-order valence-electron chi connectivity index (χ4n) is 1.96. The van der Waals surface area contributed by atoms with E-state index in [4.69, 9.17) is 9.15 Å². The van der Waals surface area contributed by atoms with E-state index in [-0.39, 0.29) is 0 Å². The molecule has 4 nitrogen and oxygen atoms in total. The number of hydrogen-bond donors (Lipinski definition) is 0. The van der Waals surface area contributed by atoms with Crippen molar-refractivity contribution in [2.24, 2.45) is 0 Å². The van der Waals surface area contributed by atoms with Crippen molar-refractivity contribution in [3.63, 3.8) is 0 Å². The minimum absolute atomic E-state index is 0.759. The van der Waals surface area contributed by atoms with Gasteiger partial charge in [0.15, 0.2) is 5.76 Å². The molecule has 0 aromatic carbocycles. The Bertz CT molecular complexity index is 378. The van der Waals surface area contributed by atoms with Gasteiger partial charge in [-0.05, 0) is 18.9 Å². The summed E-state index contributed by atoms with van der Waals surface area (Å²) in [4.78, 5) is 6.68. The zero-order valence-electron chi connectivity index (χ0n) is 8.61. The third-order valence-corrected chi connectivity index (χ3v) is 2.81. The zero-order valence-corrected chi connectivity index (χ0v) is 8.61. The third kappa shape index (κ3) is 1.65. The molecular formula is C11H14N2O2. The van der Waals surface area contributed by atoms with Gasteiger partial charge in [0.1, 0.15) is 0 Å². The largest absolute Gasteiger partial charge is 0.424 e. The second-order valence-corrected chi connectivity index (χ2v) is 3.85. The highest BCUT2D eigenvalue weighted by molar-refractivity contribution is 5.50. The van der Waals surface area contributed by atoms with Crippen LogP contribution >= 0.6 is 0 Å². The maximum Gasteiger partial charge on any atom is 0.298 e. The highest BCUT2D eigenvalue weighted by Crippen LogP contribution is 2.25. The molecule has 2 heterocycles. The smallest absolute Gasteiger partial charge is 0.298 e. The van der Waals surface area contributed by atoms with Gasteiger partial charge in [0.2, 0.25) is 0 Å². The van der Waals surface area contributed by atoms with Crippen molar-refractivity contribution >= 4 is 12.1 Å². The number of hydrogen-bond acceptors (Lipinski definition) is 4. The first-order valence-electron chi connectivity index (χ1n) is 5.42. The van der Waals surface area contributed by atoms with Gasteiger partial charge in [0.05, 0.1) is 18.9 Å². The second-order valence-electron chi connectivity index (χ2n) is 3.85. The summed E-state index contributed by atoms with van der Waals surface area (Å²) in [6.45, 7) is 3.29. The van der Waals surface area contributed by atoms with Crippen molar-refractivity contribution in [3.05, 3.63) is 17.5 Å². The quantitative estimate of drug-likeness (QED) is 0.697. The van der Waals surface area contributed by atoms with Crippen molar-refractivity contribution in [1.82, 2.24) is 4.98 Å². The Balaban J connectivity index is 1.85. The molecule has 1 aliphatic carbocycles. The fraction of sp³-hybridized carbons (Fsp3) is 0.545. The number of aromatic nitrogens is 1. The molecule has 1 aromatic rings. The van der Waals surface area contributed by atoms with E-state index in [1.54, 1.807) is 0 Å². The van der Waals surface area contributed by atoms with Crippen molar-refractivity contribution in [1.29, 1.82) is 0 Å². The predicted molar refractivity (Wildman–Crippen MR) is 56.9 cm³/mol. The van der Waals surface area contributed by atoms with Gasteiger partial charge in [-0.3, -0.25) is 0 Å². The van der Waals surface area contributed by atoms with Crippen LogP contribution in [0.25, 0.3) is 6.08 Å².